The van der Waals surface area contributed by atoms with Crippen LogP contribution in [0.3, 0.4) is 0 Å². The molecule has 2 aliphatic heterocycles. The number of hydrogen-bond acceptors (Lipinski definition) is 7. The lowest BCUT2D eigenvalue weighted by Crippen LogP contribution is -2.57. The molecule has 0 bridgehead atoms. The standard InChI is InChI=1S/C20H31N5O4/c1-14(2)13-25-19(27)24(9-4-12-28-3)17(26)20(25)7-10-23(11-8-20)18-21-16(29-22-18)15-5-6-15/h14-15H,4-13H2,1-3H3. The first-order chi connectivity index (χ1) is 14.0. The first kappa shape index (κ1) is 20.1. The van der Waals surface area contributed by atoms with E-state index < -0.39 is 5.54 Å². The number of hydrogen-bond donors (Lipinski definition) is 0. The predicted molar refractivity (Wildman–Crippen MR) is 106 cm³/mol. The van der Waals surface area contributed by atoms with Gasteiger partial charge < -0.3 is 19.1 Å². The minimum Gasteiger partial charge on any atom is -0.385 e. The third kappa shape index (κ3) is 3.72. The summed E-state index contributed by atoms with van der Waals surface area (Å²) >= 11 is 0. The van der Waals surface area contributed by atoms with Crippen molar-refractivity contribution in [2.75, 3.05) is 44.8 Å². The van der Waals surface area contributed by atoms with Crippen LogP contribution in [0.25, 0.3) is 0 Å². The van der Waals surface area contributed by atoms with Gasteiger partial charge in [-0.1, -0.05) is 13.8 Å². The fourth-order valence-corrected chi connectivity index (χ4v) is 4.38. The quantitative estimate of drug-likeness (QED) is 0.484. The van der Waals surface area contributed by atoms with E-state index in [1.54, 1.807) is 7.11 Å². The number of urea groups is 1. The molecule has 3 amide bonds. The number of aromatic nitrogens is 2. The largest absolute Gasteiger partial charge is 0.385 e. The topological polar surface area (TPSA) is 92.0 Å². The van der Waals surface area contributed by atoms with Gasteiger partial charge in [-0.05, 0) is 43.2 Å². The van der Waals surface area contributed by atoms with Crippen LogP contribution in [0.5, 0.6) is 0 Å². The second kappa shape index (κ2) is 7.93. The van der Waals surface area contributed by atoms with Crippen LogP contribution in [0.4, 0.5) is 10.7 Å². The summed E-state index contributed by atoms with van der Waals surface area (Å²) in [4.78, 5) is 36.3. The Balaban J connectivity index is 1.49. The second-order valence-electron chi connectivity index (χ2n) is 8.82. The number of rotatable bonds is 8. The second-order valence-corrected chi connectivity index (χ2v) is 8.82. The number of carbonyl (C=O) groups is 2. The average molecular weight is 405 g/mol. The van der Waals surface area contributed by atoms with Gasteiger partial charge in [0.15, 0.2) is 0 Å². The third-order valence-corrected chi connectivity index (χ3v) is 6.13. The molecule has 3 fully saturated rings. The number of carbonyl (C=O) groups excluding carboxylic acids is 2. The third-order valence-electron chi connectivity index (χ3n) is 6.13. The summed E-state index contributed by atoms with van der Waals surface area (Å²) < 4.78 is 10.5. The molecule has 1 saturated carbocycles. The van der Waals surface area contributed by atoms with Gasteiger partial charge in [-0.25, -0.2) is 4.79 Å². The Morgan fingerprint density at radius 1 is 1.24 bits per heavy atom. The number of nitrogens with zero attached hydrogens (tertiary/aromatic N) is 5. The molecule has 1 aliphatic carbocycles. The lowest BCUT2D eigenvalue weighted by Gasteiger charge is -2.42. The van der Waals surface area contributed by atoms with Gasteiger partial charge in [0.25, 0.3) is 11.9 Å². The van der Waals surface area contributed by atoms with E-state index in [1.165, 1.54) is 4.90 Å². The maximum Gasteiger partial charge on any atom is 0.327 e. The highest BCUT2D eigenvalue weighted by Gasteiger charge is 2.57. The molecule has 1 aromatic heterocycles. The van der Waals surface area contributed by atoms with Crippen LogP contribution < -0.4 is 4.90 Å². The molecule has 2 saturated heterocycles. The predicted octanol–water partition coefficient (Wildman–Crippen LogP) is 2.24. The lowest BCUT2D eigenvalue weighted by molar-refractivity contribution is -0.134. The van der Waals surface area contributed by atoms with Gasteiger partial charge in [0.05, 0.1) is 0 Å². The van der Waals surface area contributed by atoms with Crippen molar-refractivity contribution < 1.29 is 18.8 Å². The maximum atomic E-state index is 13.4. The zero-order chi connectivity index (χ0) is 20.6. The van der Waals surface area contributed by atoms with Crippen molar-refractivity contribution in [3.05, 3.63) is 5.89 Å². The highest BCUT2D eigenvalue weighted by Crippen LogP contribution is 2.41. The Morgan fingerprint density at radius 2 is 1.97 bits per heavy atom. The number of ether oxygens (including phenoxy) is 1. The van der Waals surface area contributed by atoms with Crippen LogP contribution in [0.15, 0.2) is 4.52 Å². The highest BCUT2D eigenvalue weighted by molar-refractivity contribution is 6.07. The molecule has 3 aliphatic rings. The van der Waals surface area contributed by atoms with Gasteiger partial charge in [-0.2, -0.15) is 4.98 Å². The number of methoxy groups -OCH3 is 1. The average Bonchev–Trinajstić information content (AvgIpc) is 3.41. The van der Waals surface area contributed by atoms with E-state index in [1.807, 2.05) is 4.90 Å². The molecule has 160 valence electrons. The van der Waals surface area contributed by atoms with Crippen molar-refractivity contribution in [3.63, 3.8) is 0 Å². The Kier molecular flexibility index (Phi) is 5.50. The Hall–Kier alpha value is -2.16. The smallest absolute Gasteiger partial charge is 0.327 e. The molecule has 3 heterocycles. The lowest BCUT2D eigenvalue weighted by atomic mass is 9.85. The summed E-state index contributed by atoms with van der Waals surface area (Å²) in [6.45, 7) is 6.93. The summed E-state index contributed by atoms with van der Waals surface area (Å²) in [5, 5.41) is 4.13. The van der Waals surface area contributed by atoms with Gasteiger partial charge in [0.2, 0.25) is 5.89 Å². The van der Waals surface area contributed by atoms with Crippen molar-refractivity contribution in [1.82, 2.24) is 19.9 Å². The number of imide groups is 1. The first-order valence-electron chi connectivity index (χ1n) is 10.7. The van der Waals surface area contributed by atoms with Crippen molar-refractivity contribution in [3.8, 4) is 0 Å². The van der Waals surface area contributed by atoms with Crippen LogP contribution in [0.2, 0.25) is 0 Å². The molecule has 29 heavy (non-hydrogen) atoms. The Bertz CT molecular complexity index is 752. The molecular weight excluding hydrogens is 374 g/mol. The van der Waals surface area contributed by atoms with E-state index in [0.717, 1.165) is 18.7 Å². The van der Waals surface area contributed by atoms with E-state index in [-0.39, 0.29) is 11.9 Å². The number of anilines is 1. The fourth-order valence-electron chi connectivity index (χ4n) is 4.38. The SMILES string of the molecule is COCCCN1C(=O)N(CC(C)C)C2(CCN(c3noc(C4CC4)n3)CC2)C1=O. The van der Waals surface area contributed by atoms with Crippen molar-refractivity contribution >= 4 is 17.9 Å². The zero-order valence-electron chi connectivity index (χ0n) is 17.6. The summed E-state index contributed by atoms with van der Waals surface area (Å²) in [6.07, 6.45) is 4.05. The maximum absolute atomic E-state index is 13.4. The van der Waals surface area contributed by atoms with Gasteiger partial charge in [-0.3, -0.25) is 9.69 Å². The monoisotopic (exact) mass is 405 g/mol. The fraction of sp³-hybridized carbons (Fsp3) is 0.800. The van der Waals surface area contributed by atoms with Crippen LogP contribution >= 0.6 is 0 Å². The molecule has 0 aromatic carbocycles. The van der Waals surface area contributed by atoms with Crippen molar-refractivity contribution in [1.29, 1.82) is 0 Å². The Labute approximate surface area is 171 Å². The van der Waals surface area contributed by atoms with Gasteiger partial charge in [0.1, 0.15) is 5.54 Å². The minimum absolute atomic E-state index is 0.0642. The molecule has 0 unspecified atom stereocenters. The first-order valence-corrected chi connectivity index (χ1v) is 10.7. The van der Waals surface area contributed by atoms with E-state index >= 15 is 0 Å². The van der Waals surface area contributed by atoms with Crippen LogP contribution in [-0.2, 0) is 9.53 Å². The molecule has 9 heteroatoms. The van der Waals surface area contributed by atoms with E-state index in [0.29, 0.717) is 69.8 Å². The van der Waals surface area contributed by atoms with Crippen LogP contribution in [0.1, 0.15) is 57.8 Å². The molecular formula is C20H31N5O4. The normalized spacial score (nSPS) is 21.9. The summed E-state index contributed by atoms with van der Waals surface area (Å²) in [7, 11) is 1.63. The van der Waals surface area contributed by atoms with Gasteiger partial charge >= 0.3 is 6.03 Å². The molecule has 1 spiro atoms. The Morgan fingerprint density at radius 3 is 2.59 bits per heavy atom. The molecule has 0 atom stereocenters. The highest BCUT2D eigenvalue weighted by atomic mass is 16.5. The molecule has 0 radical (unpaired) electrons. The molecule has 4 rings (SSSR count). The van der Waals surface area contributed by atoms with E-state index in [9.17, 15) is 9.59 Å². The summed E-state index contributed by atoms with van der Waals surface area (Å²) in [5.74, 6) is 1.97. The van der Waals surface area contributed by atoms with Gasteiger partial charge in [-0.15, -0.1) is 0 Å². The number of amides is 3. The van der Waals surface area contributed by atoms with E-state index in [2.05, 4.69) is 28.9 Å². The van der Waals surface area contributed by atoms with Crippen LogP contribution in [0, 0.1) is 5.92 Å². The molecule has 9 nitrogen and oxygen atoms in total. The summed E-state index contributed by atoms with van der Waals surface area (Å²) in [5.41, 5.74) is -0.756. The molecule has 1 aromatic rings. The van der Waals surface area contributed by atoms with Crippen molar-refractivity contribution in [2.45, 2.75) is 57.4 Å². The number of piperidine rings is 1. The molecule has 0 N–H and O–H groups in total. The van der Waals surface area contributed by atoms with Gasteiger partial charge in [0, 0.05) is 45.8 Å². The summed E-state index contributed by atoms with van der Waals surface area (Å²) in [6, 6.07) is -0.163. The zero-order valence-corrected chi connectivity index (χ0v) is 17.6. The van der Waals surface area contributed by atoms with Crippen LogP contribution in [-0.4, -0.2) is 77.3 Å². The van der Waals surface area contributed by atoms with Crippen molar-refractivity contribution in [2.24, 2.45) is 5.92 Å². The minimum atomic E-state index is -0.756. The van der Waals surface area contributed by atoms with E-state index in [4.69, 9.17) is 9.26 Å².